The summed E-state index contributed by atoms with van der Waals surface area (Å²) < 4.78 is 0. The summed E-state index contributed by atoms with van der Waals surface area (Å²) >= 11 is 1.42. The van der Waals surface area contributed by atoms with Gasteiger partial charge >= 0.3 is 0 Å². The number of nitrogens with two attached hydrogens (primary N) is 1. The van der Waals surface area contributed by atoms with Gasteiger partial charge in [0.15, 0.2) is 5.13 Å². The number of nitrogen functional groups attached to an aromatic ring is 1. The first-order chi connectivity index (χ1) is 10.5. The van der Waals surface area contributed by atoms with Gasteiger partial charge in [-0.1, -0.05) is 18.5 Å². The van der Waals surface area contributed by atoms with Crippen LogP contribution in [0.3, 0.4) is 0 Å². The Hall–Kier alpha value is -1.56. The third kappa shape index (κ3) is 4.47. The zero-order valence-corrected chi connectivity index (χ0v) is 14.2. The molecule has 0 aliphatic carbocycles. The van der Waals surface area contributed by atoms with E-state index in [1.54, 1.807) is 7.05 Å². The molecule has 0 saturated carbocycles. The van der Waals surface area contributed by atoms with Crippen LogP contribution in [0.2, 0.25) is 6.32 Å². The molecule has 1 aliphatic heterocycles. The van der Waals surface area contributed by atoms with Gasteiger partial charge < -0.3 is 11.1 Å². The second-order valence-electron chi connectivity index (χ2n) is 5.95. The molecule has 0 aromatic carbocycles. The third-order valence-electron chi connectivity index (χ3n) is 3.91. The van der Waals surface area contributed by atoms with Crippen LogP contribution >= 0.6 is 11.3 Å². The van der Waals surface area contributed by atoms with Crippen molar-refractivity contribution in [2.24, 2.45) is 10.9 Å². The summed E-state index contributed by atoms with van der Waals surface area (Å²) in [6, 6.07) is 0. The molecule has 1 aliphatic rings. The van der Waals surface area contributed by atoms with Crippen LogP contribution in [-0.2, 0) is 0 Å². The van der Waals surface area contributed by atoms with Crippen molar-refractivity contribution in [3.63, 3.8) is 0 Å². The van der Waals surface area contributed by atoms with Gasteiger partial charge in [0.05, 0.1) is 5.70 Å². The first-order valence-electron chi connectivity index (χ1n) is 7.61. The second-order valence-corrected chi connectivity index (χ2v) is 6.84. The highest BCUT2D eigenvalue weighted by molar-refractivity contribution is 7.13. The van der Waals surface area contributed by atoms with E-state index in [2.05, 4.69) is 42.7 Å². The molecule has 1 aromatic heterocycles. The molecule has 22 heavy (non-hydrogen) atoms. The Balaban J connectivity index is 1.88. The summed E-state index contributed by atoms with van der Waals surface area (Å²) in [6.45, 7) is 10.2. The second kappa shape index (κ2) is 7.63. The Bertz CT molecular complexity index is 570. The van der Waals surface area contributed by atoms with Crippen LogP contribution in [0.25, 0.3) is 0 Å². The van der Waals surface area contributed by atoms with E-state index in [4.69, 9.17) is 5.73 Å². The van der Waals surface area contributed by atoms with E-state index in [0.717, 1.165) is 42.2 Å². The van der Waals surface area contributed by atoms with Crippen LogP contribution < -0.4 is 11.1 Å². The lowest BCUT2D eigenvalue weighted by molar-refractivity contribution is 0.455. The van der Waals surface area contributed by atoms with Gasteiger partial charge in [0.2, 0.25) is 0 Å². The van der Waals surface area contributed by atoms with Crippen molar-refractivity contribution in [3.8, 4) is 0 Å². The maximum atomic E-state index is 5.70. The summed E-state index contributed by atoms with van der Waals surface area (Å²) in [7, 11) is 4.11. The summed E-state index contributed by atoms with van der Waals surface area (Å²) in [5, 5.41) is 5.94. The Labute approximate surface area is 137 Å². The molecule has 1 aromatic rings. The number of nitrogens with one attached hydrogen (secondary N) is 1. The molecule has 4 nitrogen and oxygen atoms in total. The van der Waals surface area contributed by atoms with E-state index in [1.165, 1.54) is 23.3 Å². The summed E-state index contributed by atoms with van der Waals surface area (Å²) in [6.07, 6.45) is 4.59. The molecule has 2 atom stereocenters. The van der Waals surface area contributed by atoms with Crippen LogP contribution in [0.15, 0.2) is 34.8 Å². The smallest absolute Gasteiger partial charge is 0.180 e. The van der Waals surface area contributed by atoms with Crippen LogP contribution in [-0.4, -0.2) is 31.0 Å². The number of allylic oxidation sites excluding steroid dienone is 2. The molecule has 1 fully saturated rings. The largest absolute Gasteiger partial charge is 0.389 e. The molecule has 1 radical (unpaired) electrons. The van der Waals surface area contributed by atoms with E-state index in [0.29, 0.717) is 11.1 Å². The molecule has 6 heteroatoms. The highest BCUT2D eigenvalue weighted by atomic mass is 32.1. The number of aromatic nitrogens is 1. The average molecular weight is 315 g/mol. The minimum atomic E-state index is 0.349. The SMILES string of the molecule is C=C(C)CC1C[B]C(NC(=C)C(=NC)c2csc(N)n2)CC1. The van der Waals surface area contributed by atoms with Crippen LogP contribution in [0, 0.1) is 5.92 Å². The van der Waals surface area contributed by atoms with Crippen molar-refractivity contribution in [3.05, 3.63) is 35.5 Å². The molecular formula is C16H24BN4S. The lowest BCUT2D eigenvalue weighted by atomic mass is 9.55. The number of hydrogen-bond donors (Lipinski definition) is 2. The van der Waals surface area contributed by atoms with Gasteiger partial charge in [0.1, 0.15) is 18.7 Å². The summed E-state index contributed by atoms with van der Waals surface area (Å²) in [5.41, 5.74) is 9.36. The third-order valence-corrected chi connectivity index (χ3v) is 4.58. The van der Waals surface area contributed by atoms with E-state index < -0.39 is 0 Å². The molecule has 1 saturated heterocycles. The molecule has 2 unspecified atom stereocenters. The Morgan fingerprint density at radius 1 is 1.55 bits per heavy atom. The normalized spacial score (nSPS) is 22.0. The fourth-order valence-corrected chi connectivity index (χ4v) is 3.46. The number of rotatable bonds is 6. The van der Waals surface area contributed by atoms with Crippen molar-refractivity contribution >= 4 is 29.5 Å². The Morgan fingerprint density at radius 3 is 2.82 bits per heavy atom. The van der Waals surface area contributed by atoms with Gasteiger partial charge in [-0.3, -0.25) is 4.99 Å². The van der Waals surface area contributed by atoms with E-state index in [9.17, 15) is 0 Å². The minimum Gasteiger partial charge on any atom is -0.389 e. The van der Waals surface area contributed by atoms with Gasteiger partial charge in [-0.25, -0.2) is 4.98 Å². The van der Waals surface area contributed by atoms with Crippen LogP contribution in [0.5, 0.6) is 0 Å². The van der Waals surface area contributed by atoms with Crippen molar-refractivity contribution in [2.45, 2.75) is 38.4 Å². The molecule has 117 valence electrons. The van der Waals surface area contributed by atoms with Gasteiger partial charge in [0, 0.05) is 12.4 Å². The fourth-order valence-electron chi connectivity index (χ4n) is 2.91. The quantitative estimate of drug-likeness (QED) is 0.482. The maximum Gasteiger partial charge on any atom is 0.180 e. The maximum absolute atomic E-state index is 5.70. The topological polar surface area (TPSA) is 63.3 Å². The number of aliphatic imine (C=N–C) groups is 1. The zero-order valence-electron chi connectivity index (χ0n) is 13.4. The van der Waals surface area contributed by atoms with Crippen molar-refractivity contribution in [1.29, 1.82) is 0 Å². The molecule has 0 spiro atoms. The lowest BCUT2D eigenvalue weighted by Gasteiger charge is -2.30. The molecule has 2 rings (SSSR count). The van der Waals surface area contributed by atoms with Crippen molar-refractivity contribution < 1.29 is 0 Å². The minimum absolute atomic E-state index is 0.349. The highest BCUT2D eigenvalue weighted by Crippen LogP contribution is 2.26. The van der Waals surface area contributed by atoms with Crippen molar-refractivity contribution in [2.75, 3.05) is 12.8 Å². The Kier molecular flexibility index (Phi) is 5.83. The predicted molar refractivity (Wildman–Crippen MR) is 97.8 cm³/mol. The van der Waals surface area contributed by atoms with Crippen molar-refractivity contribution in [1.82, 2.24) is 10.3 Å². The summed E-state index contributed by atoms with van der Waals surface area (Å²) in [5.74, 6) is 1.09. The molecular weight excluding hydrogens is 291 g/mol. The zero-order chi connectivity index (χ0) is 16.1. The monoisotopic (exact) mass is 315 g/mol. The van der Waals surface area contributed by atoms with Crippen LogP contribution in [0.1, 0.15) is 31.9 Å². The Morgan fingerprint density at radius 2 is 2.32 bits per heavy atom. The van der Waals surface area contributed by atoms with Crippen LogP contribution in [0.4, 0.5) is 5.13 Å². The number of hydrogen-bond acceptors (Lipinski definition) is 5. The first-order valence-corrected chi connectivity index (χ1v) is 8.49. The number of anilines is 1. The molecule has 0 bridgehead atoms. The first kappa shape index (κ1) is 16.8. The summed E-state index contributed by atoms with van der Waals surface area (Å²) in [4.78, 5) is 8.59. The lowest BCUT2D eigenvalue weighted by Crippen LogP contribution is -2.40. The van der Waals surface area contributed by atoms with E-state index in [1.807, 2.05) is 5.38 Å². The molecule has 2 heterocycles. The molecule has 3 N–H and O–H groups in total. The fraction of sp³-hybridized carbons (Fsp3) is 0.500. The standard InChI is InChI=1S/C16H24BN4S/c1-10(2)7-12-5-6-14(17-8-12)20-11(3)15(19-4)13-9-22-16(18)21-13/h9,12,14,20H,1,3,5-8H2,2,4H3,(H2,18,21). The number of thiazole rings is 1. The van der Waals surface area contributed by atoms with Gasteiger partial charge in [0.25, 0.3) is 0 Å². The van der Waals surface area contributed by atoms with E-state index in [-0.39, 0.29) is 0 Å². The van der Waals surface area contributed by atoms with Gasteiger partial charge in [-0.15, -0.1) is 17.9 Å². The van der Waals surface area contributed by atoms with E-state index >= 15 is 0 Å². The molecule has 0 amide bonds. The van der Waals surface area contributed by atoms with Gasteiger partial charge in [-0.05, 0) is 38.0 Å². The average Bonchev–Trinajstić information content (AvgIpc) is 2.87. The van der Waals surface area contributed by atoms with Gasteiger partial charge in [-0.2, -0.15) is 0 Å². The predicted octanol–water partition coefficient (Wildman–Crippen LogP) is 3.07. The number of nitrogens with zero attached hydrogens (tertiary/aromatic N) is 2. The highest BCUT2D eigenvalue weighted by Gasteiger charge is 2.23.